The molecule has 0 saturated heterocycles. The average Bonchev–Trinajstić information content (AvgIpc) is 2.90. The van der Waals surface area contributed by atoms with E-state index in [1.54, 1.807) is 4.90 Å². The summed E-state index contributed by atoms with van der Waals surface area (Å²) >= 11 is 6.81. The topological polar surface area (TPSA) is 29.5 Å². The Labute approximate surface area is 140 Å². The molecule has 1 heterocycles. The molecule has 1 aliphatic heterocycles. The van der Waals surface area contributed by atoms with Gasteiger partial charge >= 0.3 is 0 Å². The average molecular weight is 411 g/mol. The van der Waals surface area contributed by atoms with Crippen LogP contribution >= 0.6 is 31.9 Å². The Balaban J connectivity index is 1.68. The predicted octanol–water partition coefficient (Wildman–Crippen LogP) is 4.18. The van der Waals surface area contributed by atoms with Crippen molar-refractivity contribution in [1.29, 1.82) is 0 Å². The summed E-state index contributed by atoms with van der Waals surface area (Å²) < 4.78 is 7.41. The Hall–Kier alpha value is -1.33. The Morgan fingerprint density at radius 3 is 2.81 bits per heavy atom. The van der Waals surface area contributed by atoms with Gasteiger partial charge in [-0.3, -0.25) is 4.79 Å². The number of amides is 1. The van der Waals surface area contributed by atoms with Gasteiger partial charge in [0.25, 0.3) is 5.91 Å². The van der Waals surface area contributed by atoms with Crippen LogP contribution < -0.4 is 9.64 Å². The monoisotopic (exact) mass is 409 g/mol. The van der Waals surface area contributed by atoms with Crippen molar-refractivity contribution in [3.05, 3.63) is 57.0 Å². The molecule has 0 atom stereocenters. The van der Waals surface area contributed by atoms with E-state index in [0.717, 1.165) is 27.6 Å². The molecular formula is C16H13Br2NO2. The minimum Gasteiger partial charge on any atom is -0.483 e. The number of carbonyl (C=O) groups excluding carboxylic acids is 1. The molecule has 0 fully saturated rings. The predicted molar refractivity (Wildman–Crippen MR) is 89.8 cm³/mol. The first-order chi connectivity index (χ1) is 10.1. The highest BCUT2D eigenvalue weighted by atomic mass is 79.9. The smallest absolute Gasteiger partial charge is 0.264 e. The van der Waals surface area contributed by atoms with E-state index in [2.05, 4.69) is 37.9 Å². The number of halogens is 2. The lowest BCUT2D eigenvalue weighted by molar-refractivity contribution is -0.120. The lowest BCUT2D eigenvalue weighted by Crippen LogP contribution is -2.33. The van der Waals surface area contributed by atoms with Gasteiger partial charge in [-0.1, -0.05) is 34.1 Å². The second kappa shape index (κ2) is 6.20. The molecule has 3 rings (SSSR count). The summed E-state index contributed by atoms with van der Waals surface area (Å²) in [5.74, 6) is 0.647. The number of carbonyl (C=O) groups is 1. The van der Waals surface area contributed by atoms with E-state index in [1.807, 2.05) is 36.4 Å². The van der Waals surface area contributed by atoms with Gasteiger partial charge in [0.2, 0.25) is 0 Å². The van der Waals surface area contributed by atoms with E-state index in [9.17, 15) is 4.79 Å². The van der Waals surface area contributed by atoms with Crippen LogP contribution in [-0.2, 0) is 11.2 Å². The highest BCUT2D eigenvalue weighted by molar-refractivity contribution is 9.11. The maximum Gasteiger partial charge on any atom is 0.264 e. The molecule has 108 valence electrons. The highest BCUT2D eigenvalue weighted by Crippen LogP contribution is 2.30. The number of hydrogen-bond donors (Lipinski definition) is 0. The zero-order valence-electron chi connectivity index (χ0n) is 11.2. The van der Waals surface area contributed by atoms with Gasteiger partial charge in [-0.25, -0.2) is 0 Å². The normalized spacial score (nSPS) is 13.1. The Morgan fingerprint density at radius 2 is 2.00 bits per heavy atom. The summed E-state index contributed by atoms with van der Waals surface area (Å²) in [6.45, 7) is 0.762. The molecule has 5 heteroatoms. The molecule has 0 aromatic heterocycles. The molecule has 0 spiro atoms. The maximum atomic E-state index is 12.3. The van der Waals surface area contributed by atoms with Crippen molar-refractivity contribution >= 4 is 43.5 Å². The van der Waals surface area contributed by atoms with Gasteiger partial charge in [0.15, 0.2) is 6.61 Å². The molecule has 2 aromatic carbocycles. The minimum atomic E-state index is -0.0187. The minimum absolute atomic E-state index is 0.0187. The molecular weight excluding hydrogens is 398 g/mol. The number of nitrogens with zero attached hydrogens (tertiary/aromatic N) is 1. The molecule has 3 nitrogen and oxygen atoms in total. The molecule has 21 heavy (non-hydrogen) atoms. The zero-order chi connectivity index (χ0) is 14.8. The molecule has 0 radical (unpaired) electrons. The van der Waals surface area contributed by atoms with Crippen molar-refractivity contribution in [2.45, 2.75) is 6.42 Å². The van der Waals surface area contributed by atoms with Crippen LogP contribution in [0.15, 0.2) is 51.4 Å². The van der Waals surface area contributed by atoms with Crippen molar-refractivity contribution < 1.29 is 9.53 Å². The van der Waals surface area contributed by atoms with Crippen LogP contribution in [0.2, 0.25) is 0 Å². The fourth-order valence-corrected chi connectivity index (χ4v) is 3.57. The second-order valence-corrected chi connectivity index (χ2v) is 6.56. The summed E-state index contributed by atoms with van der Waals surface area (Å²) in [7, 11) is 0. The molecule has 0 bridgehead atoms. The van der Waals surface area contributed by atoms with Crippen molar-refractivity contribution in [1.82, 2.24) is 0 Å². The van der Waals surface area contributed by atoms with Gasteiger partial charge in [0.05, 0.1) is 4.47 Å². The molecule has 0 saturated carbocycles. The SMILES string of the molecule is O=C(COc1ccc(Br)cc1Br)N1CCc2ccccc21. The number of fused-ring (bicyclic) bond motifs is 1. The summed E-state index contributed by atoms with van der Waals surface area (Å²) in [5, 5.41) is 0. The third-order valence-corrected chi connectivity index (χ3v) is 4.55. The second-order valence-electron chi connectivity index (χ2n) is 4.79. The summed E-state index contributed by atoms with van der Waals surface area (Å²) in [6, 6.07) is 13.6. The van der Waals surface area contributed by atoms with Gasteiger partial charge in [-0.2, -0.15) is 0 Å². The Morgan fingerprint density at radius 1 is 1.19 bits per heavy atom. The van der Waals surface area contributed by atoms with Gasteiger partial charge < -0.3 is 9.64 Å². The van der Waals surface area contributed by atoms with E-state index >= 15 is 0 Å². The fourth-order valence-electron chi connectivity index (χ4n) is 2.41. The first-order valence-corrected chi connectivity index (χ1v) is 8.20. The van der Waals surface area contributed by atoms with Crippen LogP contribution in [0.4, 0.5) is 5.69 Å². The first kappa shape index (κ1) is 14.6. The van der Waals surface area contributed by atoms with Gasteiger partial charge in [0, 0.05) is 16.7 Å². The van der Waals surface area contributed by atoms with Gasteiger partial charge in [0.1, 0.15) is 5.75 Å². The van der Waals surface area contributed by atoms with Crippen molar-refractivity contribution in [2.75, 3.05) is 18.1 Å². The number of rotatable bonds is 3. The van der Waals surface area contributed by atoms with E-state index in [1.165, 1.54) is 5.56 Å². The largest absolute Gasteiger partial charge is 0.483 e. The third kappa shape index (κ3) is 3.14. The third-order valence-electron chi connectivity index (χ3n) is 3.43. The molecule has 0 N–H and O–H groups in total. The summed E-state index contributed by atoms with van der Waals surface area (Å²) in [4.78, 5) is 14.1. The Kier molecular flexibility index (Phi) is 4.31. The van der Waals surface area contributed by atoms with Crippen molar-refractivity contribution in [3.8, 4) is 5.75 Å². The molecule has 1 amide bonds. The molecule has 2 aromatic rings. The first-order valence-electron chi connectivity index (χ1n) is 6.61. The zero-order valence-corrected chi connectivity index (χ0v) is 14.4. The van der Waals surface area contributed by atoms with E-state index in [0.29, 0.717) is 5.75 Å². The van der Waals surface area contributed by atoms with E-state index < -0.39 is 0 Å². The molecule has 0 unspecified atom stereocenters. The van der Waals surface area contributed by atoms with Crippen LogP contribution in [0.3, 0.4) is 0 Å². The number of ether oxygens (including phenoxy) is 1. The van der Waals surface area contributed by atoms with E-state index in [-0.39, 0.29) is 12.5 Å². The maximum absolute atomic E-state index is 12.3. The number of hydrogen-bond acceptors (Lipinski definition) is 2. The van der Waals surface area contributed by atoms with Crippen LogP contribution in [0.25, 0.3) is 0 Å². The van der Waals surface area contributed by atoms with Crippen molar-refractivity contribution in [3.63, 3.8) is 0 Å². The lowest BCUT2D eigenvalue weighted by atomic mass is 10.2. The van der Waals surface area contributed by atoms with Gasteiger partial charge in [-0.15, -0.1) is 0 Å². The van der Waals surface area contributed by atoms with Crippen LogP contribution in [0, 0.1) is 0 Å². The number of benzene rings is 2. The van der Waals surface area contributed by atoms with Gasteiger partial charge in [-0.05, 0) is 52.2 Å². The van der Waals surface area contributed by atoms with Crippen molar-refractivity contribution in [2.24, 2.45) is 0 Å². The standard InChI is InChI=1S/C16H13Br2NO2/c17-12-5-6-15(13(18)9-12)21-10-16(20)19-8-7-11-3-1-2-4-14(11)19/h1-6,9H,7-8,10H2. The lowest BCUT2D eigenvalue weighted by Gasteiger charge is -2.18. The summed E-state index contributed by atoms with van der Waals surface area (Å²) in [5.41, 5.74) is 2.22. The number of anilines is 1. The quantitative estimate of drug-likeness (QED) is 0.759. The van der Waals surface area contributed by atoms with Crippen LogP contribution in [-0.4, -0.2) is 19.1 Å². The van der Waals surface area contributed by atoms with Crippen LogP contribution in [0.1, 0.15) is 5.56 Å². The Bertz CT molecular complexity index is 688. The number of para-hydroxylation sites is 1. The fraction of sp³-hybridized carbons (Fsp3) is 0.188. The van der Waals surface area contributed by atoms with E-state index in [4.69, 9.17) is 4.74 Å². The molecule has 1 aliphatic rings. The molecule has 0 aliphatic carbocycles. The highest BCUT2D eigenvalue weighted by Gasteiger charge is 2.24. The summed E-state index contributed by atoms with van der Waals surface area (Å²) in [6.07, 6.45) is 0.907. The van der Waals surface area contributed by atoms with Crippen LogP contribution in [0.5, 0.6) is 5.75 Å².